The van der Waals surface area contributed by atoms with E-state index < -0.39 is 0 Å². The van der Waals surface area contributed by atoms with Crippen molar-refractivity contribution in [3.8, 4) is 17.0 Å². The van der Waals surface area contributed by atoms with Crippen molar-refractivity contribution in [3.05, 3.63) is 47.8 Å². The van der Waals surface area contributed by atoms with E-state index in [2.05, 4.69) is 16.5 Å². The lowest BCUT2D eigenvalue weighted by molar-refractivity contribution is 0.308. The molecule has 0 aliphatic heterocycles. The molecule has 0 atom stereocenters. The van der Waals surface area contributed by atoms with E-state index in [9.17, 15) is 4.39 Å². The topological polar surface area (TPSA) is 39.1 Å². The van der Waals surface area contributed by atoms with Crippen LogP contribution in [0.3, 0.4) is 0 Å². The average Bonchev–Trinajstić information content (AvgIpc) is 2.88. The standard InChI is InChI=1S/C19H22FN3O/c1-13-5-7-16-18(11-13)23(3)22-19(16)15-8-6-14(12-17(15)20)24-10-4-9-21-2/h5-8,11-12,21H,4,9-10H2,1-3H3. The Labute approximate surface area is 141 Å². The van der Waals surface area contributed by atoms with E-state index in [1.54, 1.807) is 16.8 Å². The Balaban J connectivity index is 1.90. The highest BCUT2D eigenvalue weighted by molar-refractivity contribution is 5.93. The Kier molecular flexibility index (Phi) is 4.81. The van der Waals surface area contributed by atoms with Gasteiger partial charge >= 0.3 is 0 Å². The quantitative estimate of drug-likeness (QED) is 0.702. The summed E-state index contributed by atoms with van der Waals surface area (Å²) in [6, 6.07) is 11.0. The molecule has 0 amide bonds. The van der Waals surface area contributed by atoms with Crippen LogP contribution in [0.25, 0.3) is 22.2 Å². The molecule has 3 rings (SSSR count). The van der Waals surface area contributed by atoms with Crippen LogP contribution in [-0.2, 0) is 7.05 Å². The molecule has 3 aromatic rings. The average molecular weight is 327 g/mol. The van der Waals surface area contributed by atoms with Crippen LogP contribution in [0.5, 0.6) is 5.75 Å². The van der Waals surface area contributed by atoms with Crippen LogP contribution in [0.2, 0.25) is 0 Å². The molecule has 0 saturated heterocycles. The SMILES string of the molecule is CNCCCOc1ccc(-c2nn(C)c3cc(C)ccc23)c(F)c1. The van der Waals surface area contributed by atoms with Gasteiger partial charge in [-0.2, -0.15) is 5.10 Å². The predicted octanol–water partition coefficient (Wildman–Crippen LogP) is 3.68. The number of nitrogens with zero attached hydrogens (tertiary/aromatic N) is 2. The first kappa shape index (κ1) is 16.5. The Bertz CT molecular complexity index is 857. The van der Waals surface area contributed by atoms with Crippen molar-refractivity contribution in [2.75, 3.05) is 20.2 Å². The van der Waals surface area contributed by atoms with Crippen LogP contribution in [0.1, 0.15) is 12.0 Å². The number of aryl methyl sites for hydroxylation is 2. The first-order valence-electron chi connectivity index (χ1n) is 8.11. The number of aromatic nitrogens is 2. The lowest BCUT2D eigenvalue weighted by Gasteiger charge is -2.08. The summed E-state index contributed by atoms with van der Waals surface area (Å²) in [6.07, 6.45) is 0.879. The highest BCUT2D eigenvalue weighted by atomic mass is 19.1. The largest absolute Gasteiger partial charge is 0.493 e. The maximum Gasteiger partial charge on any atom is 0.136 e. The number of hydrogen-bond acceptors (Lipinski definition) is 3. The number of rotatable bonds is 6. The molecule has 0 bridgehead atoms. The van der Waals surface area contributed by atoms with Gasteiger partial charge in [-0.15, -0.1) is 0 Å². The van der Waals surface area contributed by atoms with Gasteiger partial charge in [0.25, 0.3) is 0 Å². The maximum atomic E-state index is 14.6. The second kappa shape index (κ2) is 7.01. The van der Waals surface area contributed by atoms with Gasteiger partial charge in [0.1, 0.15) is 17.3 Å². The minimum atomic E-state index is -0.318. The fourth-order valence-corrected chi connectivity index (χ4v) is 2.78. The van der Waals surface area contributed by atoms with Crippen molar-refractivity contribution in [1.82, 2.24) is 15.1 Å². The normalized spacial score (nSPS) is 11.2. The van der Waals surface area contributed by atoms with Gasteiger partial charge in [-0.05, 0) is 50.7 Å². The number of nitrogens with one attached hydrogen (secondary N) is 1. The molecule has 1 heterocycles. The molecular formula is C19H22FN3O. The zero-order valence-electron chi connectivity index (χ0n) is 14.3. The number of fused-ring (bicyclic) bond motifs is 1. The molecule has 4 nitrogen and oxygen atoms in total. The highest BCUT2D eigenvalue weighted by Crippen LogP contribution is 2.31. The molecule has 0 radical (unpaired) electrons. The fourth-order valence-electron chi connectivity index (χ4n) is 2.78. The second-order valence-electron chi connectivity index (χ2n) is 5.94. The molecule has 24 heavy (non-hydrogen) atoms. The van der Waals surface area contributed by atoms with Gasteiger partial charge in [0.2, 0.25) is 0 Å². The van der Waals surface area contributed by atoms with Crippen molar-refractivity contribution in [2.45, 2.75) is 13.3 Å². The van der Waals surface area contributed by atoms with Gasteiger partial charge in [-0.1, -0.05) is 12.1 Å². The van der Waals surface area contributed by atoms with Crippen molar-refractivity contribution in [2.24, 2.45) is 7.05 Å². The van der Waals surface area contributed by atoms with Crippen molar-refractivity contribution < 1.29 is 9.13 Å². The third-order valence-electron chi connectivity index (χ3n) is 4.04. The zero-order chi connectivity index (χ0) is 17.1. The summed E-state index contributed by atoms with van der Waals surface area (Å²) in [5.74, 6) is 0.227. The highest BCUT2D eigenvalue weighted by Gasteiger charge is 2.15. The molecule has 0 unspecified atom stereocenters. The fraction of sp³-hybridized carbons (Fsp3) is 0.316. The van der Waals surface area contributed by atoms with E-state index in [0.29, 0.717) is 23.6 Å². The Hall–Kier alpha value is -2.40. The van der Waals surface area contributed by atoms with Crippen LogP contribution >= 0.6 is 0 Å². The lowest BCUT2D eigenvalue weighted by atomic mass is 10.1. The van der Waals surface area contributed by atoms with Crippen LogP contribution in [-0.4, -0.2) is 30.0 Å². The summed E-state index contributed by atoms with van der Waals surface area (Å²) in [7, 11) is 3.77. The maximum absolute atomic E-state index is 14.6. The van der Waals surface area contributed by atoms with E-state index in [0.717, 1.165) is 29.4 Å². The van der Waals surface area contributed by atoms with Gasteiger partial charge < -0.3 is 10.1 Å². The molecule has 0 aliphatic rings. The number of halogens is 1. The third kappa shape index (κ3) is 3.26. The van der Waals surface area contributed by atoms with Crippen LogP contribution in [0, 0.1) is 12.7 Å². The first-order chi connectivity index (χ1) is 11.6. The monoisotopic (exact) mass is 327 g/mol. The second-order valence-corrected chi connectivity index (χ2v) is 5.94. The van der Waals surface area contributed by atoms with Gasteiger partial charge in [-0.3, -0.25) is 4.68 Å². The van der Waals surface area contributed by atoms with Gasteiger partial charge in [0, 0.05) is 24.1 Å². The molecule has 0 fully saturated rings. The summed E-state index contributed by atoms with van der Waals surface area (Å²) in [4.78, 5) is 0. The summed E-state index contributed by atoms with van der Waals surface area (Å²) in [5.41, 5.74) is 3.30. The van der Waals surface area contributed by atoms with Gasteiger partial charge in [0.05, 0.1) is 12.1 Å². The van der Waals surface area contributed by atoms with Gasteiger partial charge in [0.15, 0.2) is 0 Å². The van der Waals surface area contributed by atoms with Crippen molar-refractivity contribution in [1.29, 1.82) is 0 Å². The Morgan fingerprint density at radius 3 is 2.79 bits per heavy atom. The third-order valence-corrected chi connectivity index (χ3v) is 4.04. The Morgan fingerprint density at radius 1 is 1.21 bits per heavy atom. The summed E-state index contributed by atoms with van der Waals surface area (Å²) in [6.45, 7) is 3.47. The van der Waals surface area contributed by atoms with E-state index in [4.69, 9.17) is 4.74 Å². The minimum absolute atomic E-state index is 0.318. The van der Waals surface area contributed by atoms with E-state index in [-0.39, 0.29) is 5.82 Å². The molecule has 0 aliphatic carbocycles. The Morgan fingerprint density at radius 2 is 2.04 bits per heavy atom. The predicted molar refractivity (Wildman–Crippen MR) is 94.9 cm³/mol. The molecule has 0 spiro atoms. The molecule has 0 saturated carbocycles. The lowest BCUT2D eigenvalue weighted by Crippen LogP contribution is -2.11. The summed E-state index contributed by atoms with van der Waals surface area (Å²) >= 11 is 0. The molecule has 126 valence electrons. The van der Waals surface area contributed by atoms with Crippen LogP contribution in [0.4, 0.5) is 4.39 Å². The molecule has 1 aromatic heterocycles. The molecule has 5 heteroatoms. The van der Waals surface area contributed by atoms with Crippen LogP contribution < -0.4 is 10.1 Å². The summed E-state index contributed by atoms with van der Waals surface area (Å²) in [5, 5.41) is 8.51. The summed E-state index contributed by atoms with van der Waals surface area (Å²) < 4.78 is 22.0. The first-order valence-corrected chi connectivity index (χ1v) is 8.11. The zero-order valence-corrected chi connectivity index (χ0v) is 14.3. The van der Waals surface area contributed by atoms with Crippen molar-refractivity contribution in [3.63, 3.8) is 0 Å². The number of hydrogen-bond donors (Lipinski definition) is 1. The van der Waals surface area contributed by atoms with E-state index in [1.165, 1.54) is 6.07 Å². The van der Waals surface area contributed by atoms with E-state index >= 15 is 0 Å². The van der Waals surface area contributed by atoms with E-state index in [1.807, 2.05) is 33.2 Å². The minimum Gasteiger partial charge on any atom is -0.493 e. The van der Waals surface area contributed by atoms with Crippen LogP contribution in [0.15, 0.2) is 36.4 Å². The number of ether oxygens (including phenoxy) is 1. The molecular weight excluding hydrogens is 305 g/mol. The van der Waals surface area contributed by atoms with Gasteiger partial charge in [-0.25, -0.2) is 4.39 Å². The molecule has 1 N–H and O–H groups in total. The molecule has 2 aromatic carbocycles. The number of benzene rings is 2. The van der Waals surface area contributed by atoms with Crippen molar-refractivity contribution >= 4 is 10.9 Å². The smallest absolute Gasteiger partial charge is 0.136 e.